The van der Waals surface area contributed by atoms with E-state index in [0.717, 1.165) is 32.4 Å². The van der Waals surface area contributed by atoms with Crippen LogP contribution in [0.2, 0.25) is 0 Å². The van der Waals surface area contributed by atoms with Crippen molar-refractivity contribution in [1.82, 2.24) is 4.90 Å². The van der Waals surface area contributed by atoms with Crippen molar-refractivity contribution >= 4 is 11.8 Å². The second-order valence-corrected chi connectivity index (χ2v) is 5.54. The van der Waals surface area contributed by atoms with E-state index in [0.29, 0.717) is 16.9 Å². The van der Waals surface area contributed by atoms with Crippen LogP contribution in [0.25, 0.3) is 0 Å². The van der Waals surface area contributed by atoms with Gasteiger partial charge in [0.15, 0.2) is 6.04 Å². The van der Waals surface area contributed by atoms with Crippen molar-refractivity contribution in [3.63, 3.8) is 0 Å². The lowest BCUT2D eigenvalue weighted by atomic mass is 10.1. The van der Waals surface area contributed by atoms with Crippen LogP contribution < -0.4 is 5.73 Å². The molecule has 2 rings (SSSR count). The average molecular weight is 240 g/mol. The molecule has 0 bridgehead atoms. The maximum atomic E-state index is 12.3. The Morgan fingerprint density at radius 1 is 1.41 bits per heavy atom. The molecule has 96 valence electrons. The number of primary amides is 1. The molecule has 5 nitrogen and oxygen atoms in total. The van der Waals surface area contributed by atoms with Crippen LogP contribution in [-0.2, 0) is 9.59 Å². The lowest BCUT2D eigenvalue weighted by Gasteiger charge is -2.37. The van der Waals surface area contributed by atoms with Crippen LogP contribution in [0.15, 0.2) is 0 Å². The molecular weight excluding hydrogens is 218 g/mol. The minimum Gasteiger partial charge on any atom is -0.364 e. The van der Waals surface area contributed by atoms with Crippen LogP contribution in [0.3, 0.4) is 0 Å². The highest BCUT2D eigenvalue weighted by Gasteiger charge is 2.59. The van der Waals surface area contributed by atoms with Crippen molar-refractivity contribution in [2.45, 2.75) is 37.8 Å². The molecule has 0 spiro atoms. The van der Waals surface area contributed by atoms with Crippen LogP contribution >= 0.6 is 0 Å². The summed E-state index contributed by atoms with van der Waals surface area (Å²) in [7, 11) is 3.98. The minimum absolute atomic E-state index is 0.221. The molecule has 0 aromatic rings. The molecule has 2 fully saturated rings. The zero-order valence-electron chi connectivity index (χ0n) is 10.7. The maximum absolute atomic E-state index is 12.3. The standard InChI is InChI=1S/C12H21N3O2/c1-14(2)7-8-15-9(4-6-11(15)16)3-5-10(15)12(13)17/h9-10H,3-8H2,1-2H3,(H-,13,17)/p+1. The molecule has 0 aliphatic carbocycles. The number of hydrogen-bond acceptors (Lipinski definition) is 3. The van der Waals surface area contributed by atoms with Gasteiger partial charge in [0.1, 0.15) is 0 Å². The molecule has 5 heteroatoms. The number of carbonyl (C=O) groups is 2. The summed E-state index contributed by atoms with van der Waals surface area (Å²) in [4.78, 5) is 25.9. The van der Waals surface area contributed by atoms with Gasteiger partial charge >= 0.3 is 5.91 Å². The fourth-order valence-corrected chi connectivity index (χ4v) is 3.51. The van der Waals surface area contributed by atoms with Crippen LogP contribution in [0.5, 0.6) is 0 Å². The zero-order valence-corrected chi connectivity index (χ0v) is 10.7. The Morgan fingerprint density at radius 3 is 2.71 bits per heavy atom. The van der Waals surface area contributed by atoms with Gasteiger partial charge in [-0.2, -0.15) is 0 Å². The lowest BCUT2D eigenvalue weighted by Crippen LogP contribution is -2.62. The Balaban J connectivity index is 2.26. The monoisotopic (exact) mass is 240 g/mol. The number of carbonyl (C=O) groups excluding carboxylic acids is 2. The zero-order chi connectivity index (χ0) is 12.6. The van der Waals surface area contributed by atoms with Crippen molar-refractivity contribution in [3.8, 4) is 0 Å². The van der Waals surface area contributed by atoms with Gasteiger partial charge in [0.25, 0.3) is 5.91 Å². The van der Waals surface area contributed by atoms with Gasteiger partial charge in [-0.1, -0.05) is 0 Å². The second kappa shape index (κ2) is 4.38. The molecule has 0 aromatic carbocycles. The topological polar surface area (TPSA) is 63.4 Å². The Morgan fingerprint density at radius 2 is 2.12 bits per heavy atom. The molecule has 3 unspecified atom stereocenters. The van der Waals surface area contributed by atoms with Gasteiger partial charge in [0.2, 0.25) is 0 Å². The number of fused-ring (bicyclic) bond motifs is 1. The van der Waals surface area contributed by atoms with Gasteiger partial charge in [-0.25, -0.2) is 9.28 Å². The molecule has 0 saturated carbocycles. The van der Waals surface area contributed by atoms with Gasteiger partial charge in [0.05, 0.1) is 19.0 Å². The number of nitrogens with zero attached hydrogens (tertiary/aromatic N) is 2. The number of quaternary nitrogens is 1. The Bertz CT molecular complexity index is 343. The normalized spacial score (nSPS) is 36.5. The molecule has 2 amide bonds. The van der Waals surface area contributed by atoms with E-state index in [-0.39, 0.29) is 17.9 Å². The van der Waals surface area contributed by atoms with Gasteiger partial charge in [-0.05, 0) is 14.1 Å². The van der Waals surface area contributed by atoms with Gasteiger partial charge < -0.3 is 10.6 Å². The lowest BCUT2D eigenvalue weighted by molar-refractivity contribution is -0.872. The smallest absolute Gasteiger partial charge is 0.314 e. The van der Waals surface area contributed by atoms with E-state index in [1.165, 1.54) is 0 Å². The fraction of sp³-hybridized carbons (Fsp3) is 0.833. The minimum atomic E-state index is -0.304. The molecule has 2 heterocycles. The van der Waals surface area contributed by atoms with Crippen molar-refractivity contribution < 1.29 is 14.1 Å². The molecule has 3 atom stereocenters. The predicted octanol–water partition coefficient (Wildman–Crippen LogP) is -0.298. The van der Waals surface area contributed by atoms with Crippen LogP contribution in [-0.4, -0.2) is 60.5 Å². The molecular formula is C12H22N3O2+. The third-order valence-corrected chi connectivity index (χ3v) is 4.38. The highest BCUT2D eigenvalue weighted by molar-refractivity contribution is 5.83. The first-order chi connectivity index (χ1) is 7.98. The maximum Gasteiger partial charge on any atom is 0.314 e. The van der Waals surface area contributed by atoms with Gasteiger partial charge in [-0.15, -0.1) is 0 Å². The van der Waals surface area contributed by atoms with E-state index in [1.807, 2.05) is 14.1 Å². The highest BCUT2D eigenvalue weighted by atomic mass is 16.2. The van der Waals surface area contributed by atoms with Crippen molar-refractivity contribution in [3.05, 3.63) is 0 Å². The van der Waals surface area contributed by atoms with Gasteiger partial charge in [0, 0.05) is 25.8 Å². The van der Waals surface area contributed by atoms with E-state index >= 15 is 0 Å². The van der Waals surface area contributed by atoms with E-state index in [1.54, 1.807) is 0 Å². The summed E-state index contributed by atoms with van der Waals surface area (Å²) < 4.78 is 0.341. The van der Waals surface area contributed by atoms with E-state index in [4.69, 9.17) is 5.73 Å². The quantitative estimate of drug-likeness (QED) is 0.686. The van der Waals surface area contributed by atoms with E-state index in [9.17, 15) is 9.59 Å². The number of nitrogens with two attached hydrogens (primary N) is 1. The molecule has 2 aliphatic heterocycles. The van der Waals surface area contributed by atoms with Crippen molar-refractivity contribution in [2.24, 2.45) is 5.73 Å². The molecule has 17 heavy (non-hydrogen) atoms. The van der Waals surface area contributed by atoms with E-state index in [2.05, 4.69) is 4.90 Å². The Labute approximate surface area is 102 Å². The summed E-state index contributed by atoms with van der Waals surface area (Å²) in [5.41, 5.74) is 5.49. The second-order valence-electron chi connectivity index (χ2n) is 5.54. The molecule has 0 aromatic heterocycles. The molecule has 0 radical (unpaired) electrons. The first-order valence-electron chi connectivity index (χ1n) is 6.33. The summed E-state index contributed by atoms with van der Waals surface area (Å²) in [6, 6.07) is 0.0508. The Kier molecular flexibility index (Phi) is 3.23. The highest BCUT2D eigenvalue weighted by Crippen LogP contribution is 2.41. The first kappa shape index (κ1) is 12.5. The Hall–Kier alpha value is -0.940. The summed E-state index contributed by atoms with van der Waals surface area (Å²) in [5, 5.41) is 0. The third kappa shape index (κ3) is 1.87. The molecule has 2 saturated heterocycles. The SMILES string of the molecule is CN(C)CC[N+]12C(=O)CCC1CCC2C(N)=O. The van der Waals surface area contributed by atoms with Crippen LogP contribution in [0.4, 0.5) is 0 Å². The average Bonchev–Trinajstić information content (AvgIpc) is 2.74. The van der Waals surface area contributed by atoms with Crippen molar-refractivity contribution in [1.29, 1.82) is 0 Å². The number of hydrogen-bond donors (Lipinski definition) is 1. The molecule has 2 N–H and O–H groups in total. The van der Waals surface area contributed by atoms with Crippen LogP contribution in [0.1, 0.15) is 25.7 Å². The third-order valence-electron chi connectivity index (χ3n) is 4.38. The summed E-state index contributed by atoms with van der Waals surface area (Å²) >= 11 is 0. The number of likely N-dealkylation sites (N-methyl/N-ethyl adjacent to an activating group) is 1. The largest absolute Gasteiger partial charge is 0.364 e. The molecule has 2 aliphatic rings. The van der Waals surface area contributed by atoms with Gasteiger partial charge in [-0.3, -0.25) is 4.79 Å². The fourth-order valence-electron chi connectivity index (χ4n) is 3.51. The first-order valence-corrected chi connectivity index (χ1v) is 6.33. The summed E-state index contributed by atoms with van der Waals surface area (Å²) in [6.45, 7) is 1.55. The predicted molar refractivity (Wildman–Crippen MR) is 63.9 cm³/mol. The number of amides is 2. The number of rotatable bonds is 4. The summed E-state index contributed by atoms with van der Waals surface area (Å²) in [6.07, 6.45) is 3.28. The van der Waals surface area contributed by atoms with Crippen LogP contribution in [0, 0.1) is 0 Å². The van der Waals surface area contributed by atoms with Crippen molar-refractivity contribution in [2.75, 3.05) is 27.2 Å². The van der Waals surface area contributed by atoms with E-state index < -0.39 is 0 Å². The summed E-state index contributed by atoms with van der Waals surface area (Å²) in [5.74, 6) is -0.0837.